The molecule has 0 radical (unpaired) electrons. The molecule has 1 heterocycles. The highest BCUT2D eigenvalue weighted by molar-refractivity contribution is 6.32. The number of nitrogens with one attached hydrogen (secondary N) is 1. The van der Waals surface area contributed by atoms with Crippen molar-refractivity contribution in [1.29, 1.82) is 0 Å². The number of nitrogens with two attached hydrogens (primary N) is 1. The first kappa shape index (κ1) is 11.5. The summed E-state index contributed by atoms with van der Waals surface area (Å²) in [6.07, 6.45) is 1.34. The summed E-state index contributed by atoms with van der Waals surface area (Å²) in [5.74, 6) is 1.15. The quantitative estimate of drug-likeness (QED) is 0.819. The first-order chi connectivity index (χ1) is 8.22. The van der Waals surface area contributed by atoms with E-state index >= 15 is 0 Å². The van der Waals surface area contributed by atoms with Gasteiger partial charge in [-0.15, -0.1) is 0 Å². The number of ether oxygens (including phenoxy) is 1. The Morgan fingerprint density at radius 2 is 2.06 bits per heavy atom. The molecule has 0 amide bonds. The fraction of sp³-hybridized carbons (Fsp3) is 0.0909. The molecular formula is C11H11ClN4O. The zero-order valence-electron chi connectivity index (χ0n) is 9.14. The van der Waals surface area contributed by atoms with Gasteiger partial charge in [0.15, 0.2) is 11.0 Å². The molecule has 0 unspecified atom stereocenters. The van der Waals surface area contributed by atoms with E-state index in [0.29, 0.717) is 17.3 Å². The minimum absolute atomic E-state index is 0.220. The molecule has 0 aliphatic carbocycles. The maximum atomic E-state index is 5.81. The van der Waals surface area contributed by atoms with E-state index in [4.69, 9.17) is 22.1 Å². The number of nitrogen functional groups attached to an aromatic ring is 1. The maximum Gasteiger partial charge on any atom is 0.158 e. The van der Waals surface area contributed by atoms with E-state index in [2.05, 4.69) is 15.3 Å². The molecule has 0 spiro atoms. The van der Waals surface area contributed by atoms with E-state index in [-0.39, 0.29) is 5.15 Å². The monoisotopic (exact) mass is 250 g/mol. The van der Waals surface area contributed by atoms with Gasteiger partial charge in [-0.1, -0.05) is 23.7 Å². The number of para-hydroxylation sites is 2. The van der Waals surface area contributed by atoms with Gasteiger partial charge in [-0.05, 0) is 12.1 Å². The Morgan fingerprint density at radius 1 is 1.29 bits per heavy atom. The minimum atomic E-state index is 0.220. The van der Waals surface area contributed by atoms with Crippen LogP contribution in [-0.4, -0.2) is 17.1 Å². The molecule has 2 aromatic rings. The summed E-state index contributed by atoms with van der Waals surface area (Å²) in [4.78, 5) is 7.80. The van der Waals surface area contributed by atoms with Crippen LogP contribution >= 0.6 is 11.6 Å². The number of nitrogens with zero attached hydrogens (tertiary/aromatic N) is 2. The highest BCUT2D eigenvalue weighted by Crippen LogP contribution is 2.30. The van der Waals surface area contributed by atoms with Crippen LogP contribution in [0.25, 0.3) is 0 Å². The van der Waals surface area contributed by atoms with Crippen molar-refractivity contribution in [3.63, 3.8) is 0 Å². The molecule has 0 saturated carbocycles. The van der Waals surface area contributed by atoms with Crippen LogP contribution in [0.2, 0.25) is 5.15 Å². The molecular weight excluding hydrogens is 240 g/mol. The number of rotatable bonds is 3. The second kappa shape index (κ2) is 4.88. The van der Waals surface area contributed by atoms with Crippen molar-refractivity contribution in [3.05, 3.63) is 35.7 Å². The normalized spacial score (nSPS) is 10.0. The summed E-state index contributed by atoms with van der Waals surface area (Å²) in [6.45, 7) is 0. The molecule has 0 saturated heterocycles. The molecule has 5 nitrogen and oxygen atoms in total. The SMILES string of the molecule is COc1ccccc1Nc1ncnc(Cl)c1N. The van der Waals surface area contributed by atoms with E-state index in [1.165, 1.54) is 6.33 Å². The summed E-state index contributed by atoms with van der Waals surface area (Å²) in [5.41, 5.74) is 6.83. The van der Waals surface area contributed by atoms with Crippen molar-refractivity contribution in [2.24, 2.45) is 0 Å². The van der Waals surface area contributed by atoms with Crippen LogP contribution in [0.15, 0.2) is 30.6 Å². The lowest BCUT2D eigenvalue weighted by molar-refractivity contribution is 0.417. The van der Waals surface area contributed by atoms with Gasteiger partial charge in [-0.25, -0.2) is 9.97 Å². The Balaban J connectivity index is 2.35. The molecule has 1 aromatic carbocycles. The average Bonchev–Trinajstić information content (AvgIpc) is 2.35. The molecule has 0 bridgehead atoms. The van der Waals surface area contributed by atoms with Gasteiger partial charge in [-0.2, -0.15) is 0 Å². The third-order valence-corrected chi connectivity index (χ3v) is 2.50. The van der Waals surface area contributed by atoms with Crippen molar-refractivity contribution in [2.45, 2.75) is 0 Å². The smallest absolute Gasteiger partial charge is 0.158 e. The zero-order chi connectivity index (χ0) is 12.3. The van der Waals surface area contributed by atoms with E-state index in [1.54, 1.807) is 7.11 Å². The Labute approximate surface area is 104 Å². The van der Waals surface area contributed by atoms with E-state index in [9.17, 15) is 0 Å². The molecule has 0 atom stereocenters. The number of anilines is 3. The highest BCUT2D eigenvalue weighted by atomic mass is 35.5. The summed E-state index contributed by atoms with van der Waals surface area (Å²) in [6, 6.07) is 7.44. The van der Waals surface area contributed by atoms with E-state index in [0.717, 1.165) is 5.69 Å². The van der Waals surface area contributed by atoms with Crippen molar-refractivity contribution < 1.29 is 4.74 Å². The second-order valence-corrected chi connectivity index (χ2v) is 3.61. The predicted molar refractivity (Wildman–Crippen MR) is 67.7 cm³/mol. The first-order valence-electron chi connectivity index (χ1n) is 4.88. The lowest BCUT2D eigenvalue weighted by Crippen LogP contribution is -2.02. The standard InChI is InChI=1S/C11H11ClN4O/c1-17-8-5-3-2-4-7(8)16-11-9(13)10(12)14-6-15-11/h2-6H,13H2,1H3,(H,14,15,16). The largest absolute Gasteiger partial charge is 0.495 e. The molecule has 0 aliphatic heterocycles. The van der Waals surface area contributed by atoms with Crippen LogP contribution in [-0.2, 0) is 0 Å². The fourth-order valence-electron chi connectivity index (χ4n) is 1.35. The highest BCUT2D eigenvalue weighted by Gasteiger charge is 2.08. The second-order valence-electron chi connectivity index (χ2n) is 3.25. The molecule has 0 fully saturated rings. The molecule has 1 aromatic heterocycles. The van der Waals surface area contributed by atoms with Crippen molar-refractivity contribution in [1.82, 2.24) is 9.97 Å². The lowest BCUT2D eigenvalue weighted by Gasteiger charge is -2.11. The van der Waals surface area contributed by atoms with Crippen LogP contribution in [0.3, 0.4) is 0 Å². The zero-order valence-corrected chi connectivity index (χ0v) is 9.90. The van der Waals surface area contributed by atoms with E-state index < -0.39 is 0 Å². The van der Waals surface area contributed by atoms with Gasteiger partial charge in [0.2, 0.25) is 0 Å². The van der Waals surface area contributed by atoms with Crippen LogP contribution in [0, 0.1) is 0 Å². The van der Waals surface area contributed by atoms with Gasteiger partial charge in [0, 0.05) is 0 Å². The van der Waals surface area contributed by atoms with Gasteiger partial charge < -0.3 is 15.8 Å². The predicted octanol–water partition coefficient (Wildman–Crippen LogP) is 2.46. The van der Waals surface area contributed by atoms with Crippen molar-refractivity contribution in [2.75, 3.05) is 18.2 Å². The third kappa shape index (κ3) is 2.39. The van der Waals surface area contributed by atoms with Crippen molar-refractivity contribution >= 4 is 28.8 Å². The van der Waals surface area contributed by atoms with Crippen LogP contribution in [0.1, 0.15) is 0 Å². The van der Waals surface area contributed by atoms with Gasteiger partial charge in [0.1, 0.15) is 17.8 Å². The Kier molecular flexibility index (Phi) is 3.30. The number of aromatic nitrogens is 2. The third-order valence-electron chi connectivity index (χ3n) is 2.20. The summed E-state index contributed by atoms with van der Waals surface area (Å²) < 4.78 is 5.21. The number of hydrogen-bond acceptors (Lipinski definition) is 5. The van der Waals surface area contributed by atoms with Gasteiger partial charge >= 0.3 is 0 Å². The Hall–Kier alpha value is -2.01. The summed E-state index contributed by atoms with van der Waals surface area (Å²) in [5, 5.41) is 3.27. The molecule has 0 aliphatic rings. The Bertz CT molecular complexity index is 533. The number of halogens is 1. The fourth-order valence-corrected chi connectivity index (χ4v) is 1.48. The summed E-state index contributed by atoms with van der Waals surface area (Å²) in [7, 11) is 1.59. The number of methoxy groups -OCH3 is 1. The first-order valence-corrected chi connectivity index (χ1v) is 5.26. The van der Waals surface area contributed by atoms with Crippen LogP contribution < -0.4 is 15.8 Å². The maximum absolute atomic E-state index is 5.81. The topological polar surface area (TPSA) is 73.1 Å². The van der Waals surface area contributed by atoms with Crippen LogP contribution in [0.4, 0.5) is 17.2 Å². The van der Waals surface area contributed by atoms with Crippen molar-refractivity contribution in [3.8, 4) is 5.75 Å². The molecule has 17 heavy (non-hydrogen) atoms. The van der Waals surface area contributed by atoms with Gasteiger partial charge in [-0.3, -0.25) is 0 Å². The Morgan fingerprint density at radius 3 is 2.82 bits per heavy atom. The minimum Gasteiger partial charge on any atom is -0.495 e. The number of hydrogen-bond donors (Lipinski definition) is 2. The molecule has 2 rings (SSSR count). The molecule has 3 N–H and O–H groups in total. The van der Waals surface area contributed by atoms with Crippen LogP contribution in [0.5, 0.6) is 5.75 Å². The average molecular weight is 251 g/mol. The molecule has 88 valence electrons. The number of benzene rings is 1. The van der Waals surface area contributed by atoms with E-state index in [1.807, 2.05) is 24.3 Å². The lowest BCUT2D eigenvalue weighted by atomic mass is 10.3. The molecule has 6 heteroatoms. The van der Waals surface area contributed by atoms with Gasteiger partial charge in [0.05, 0.1) is 12.8 Å². The summed E-state index contributed by atoms with van der Waals surface area (Å²) >= 11 is 5.81. The van der Waals surface area contributed by atoms with Gasteiger partial charge in [0.25, 0.3) is 0 Å².